The van der Waals surface area contributed by atoms with Crippen LogP contribution in [0, 0.1) is 0 Å². The molecule has 0 saturated heterocycles. The molecule has 1 unspecified atom stereocenters. The first kappa shape index (κ1) is 15.9. The molecule has 1 aromatic rings. The van der Waals surface area contributed by atoms with Gasteiger partial charge in [-0.2, -0.15) is 8.78 Å². The van der Waals surface area contributed by atoms with E-state index < -0.39 is 6.61 Å². The van der Waals surface area contributed by atoms with E-state index in [-0.39, 0.29) is 11.8 Å². The Hall–Kier alpha value is -1.20. The zero-order valence-corrected chi connectivity index (χ0v) is 11.5. The first-order valence-electron chi connectivity index (χ1n) is 6.52. The third-order valence-electron chi connectivity index (χ3n) is 2.94. The van der Waals surface area contributed by atoms with E-state index in [9.17, 15) is 8.78 Å². The molecule has 0 fully saturated rings. The normalized spacial score (nSPS) is 13.0. The van der Waals surface area contributed by atoms with Crippen LogP contribution < -0.4 is 10.5 Å². The van der Waals surface area contributed by atoms with Crippen LogP contribution >= 0.6 is 0 Å². The van der Waals surface area contributed by atoms with Crippen LogP contribution in [0.3, 0.4) is 0 Å². The van der Waals surface area contributed by atoms with Gasteiger partial charge in [0.15, 0.2) is 0 Å². The number of hydrogen-bond acceptors (Lipinski definition) is 3. The molecule has 0 saturated carbocycles. The number of rotatable bonds is 8. The maximum absolute atomic E-state index is 12.3. The molecule has 19 heavy (non-hydrogen) atoms. The summed E-state index contributed by atoms with van der Waals surface area (Å²) < 4.78 is 29.1. The Morgan fingerprint density at radius 3 is 2.63 bits per heavy atom. The second-order valence-electron chi connectivity index (χ2n) is 4.64. The van der Waals surface area contributed by atoms with Crippen LogP contribution in [0.1, 0.15) is 31.4 Å². The summed E-state index contributed by atoms with van der Waals surface area (Å²) in [6, 6.07) is 6.36. The second-order valence-corrected chi connectivity index (χ2v) is 4.64. The number of alkyl halides is 2. The lowest BCUT2D eigenvalue weighted by Gasteiger charge is -2.22. The highest BCUT2D eigenvalue weighted by Gasteiger charge is 2.16. The van der Waals surface area contributed by atoms with Gasteiger partial charge in [-0.1, -0.05) is 31.5 Å². The van der Waals surface area contributed by atoms with E-state index in [0.717, 1.165) is 19.4 Å². The summed E-state index contributed by atoms with van der Waals surface area (Å²) in [6.45, 7) is 0.858. The molecule has 0 aromatic heterocycles. The molecule has 2 N–H and O–H groups in total. The standard InChI is InChI=1S/C14H22F2N2O/c1-3-4-9-18(2)10-12(17)11-7-5-6-8-13(11)19-14(15)16/h5-8,12,14H,3-4,9-10,17H2,1-2H3. The van der Waals surface area contributed by atoms with Crippen molar-refractivity contribution in [1.29, 1.82) is 0 Å². The zero-order chi connectivity index (χ0) is 14.3. The molecule has 0 aliphatic heterocycles. The van der Waals surface area contributed by atoms with Crippen LogP contribution in [0.4, 0.5) is 8.78 Å². The van der Waals surface area contributed by atoms with Crippen LogP contribution in [-0.4, -0.2) is 31.6 Å². The van der Waals surface area contributed by atoms with Crippen LogP contribution in [0.15, 0.2) is 24.3 Å². The number of unbranched alkanes of at least 4 members (excludes halogenated alkanes) is 1. The van der Waals surface area contributed by atoms with E-state index in [0.29, 0.717) is 12.1 Å². The van der Waals surface area contributed by atoms with Gasteiger partial charge in [-0.25, -0.2) is 0 Å². The molecule has 108 valence electrons. The van der Waals surface area contributed by atoms with Crippen LogP contribution in [0.5, 0.6) is 5.75 Å². The van der Waals surface area contributed by atoms with Gasteiger partial charge in [0, 0.05) is 18.2 Å². The zero-order valence-electron chi connectivity index (χ0n) is 11.5. The van der Waals surface area contributed by atoms with E-state index in [1.54, 1.807) is 18.2 Å². The Bertz CT molecular complexity index is 374. The minimum Gasteiger partial charge on any atom is -0.434 e. The van der Waals surface area contributed by atoms with Crippen molar-refractivity contribution in [1.82, 2.24) is 4.90 Å². The Labute approximate surface area is 113 Å². The van der Waals surface area contributed by atoms with Gasteiger partial charge in [0.25, 0.3) is 0 Å². The van der Waals surface area contributed by atoms with Gasteiger partial charge >= 0.3 is 6.61 Å². The molecule has 3 nitrogen and oxygen atoms in total. The Morgan fingerprint density at radius 2 is 2.00 bits per heavy atom. The number of benzene rings is 1. The molecular weight excluding hydrogens is 250 g/mol. The van der Waals surface area contributed by atoms with Gasteiger partial charge in [-0.15, -0.1) is 0 Å². The lowest BCUT2D eigenvalue weighted by atomic mass is 10.1. The first-order valence-corrected chi connectivity index (χ1v) is 6.52. The quantitative estimate of drug-likeness (QED) is 0.790. The average Bonchev–Trinajstić information content (AvgIpc) is 2.36. The summed E-state index contributed by atoms with van der Waals surface area (Å²) in [5.74, 6) is 0.161. The van der Waals surface area contributed by atoms with Crippen molar-refractivity contribution in [3.8, 4) is 5.75 Å². The fourth-order valence-electron chi connectivity index (χ4n) is 1.94. The fraction of sp³-hybridized carbons (Fsp3) is 0.571. The molecule has 0 aliphatic rings. The van der Waals surface area contributed by atoms with Gasteiger partial charge < -0.3 is 15.4 Å². The molecule has 0 spiro atoms. The number of para-hydroxylation sites is 1. The summed E-state index contributed by atoms with van der Waals surface area (Å²) in [5, 5.41) is 0. The van der Waals surface area contributed by atoms with E-state index in [1.165, 1.54) is 6.07 Å². The second kappa shape index (κ2) is 8.07. The summed E-state index contributed by atoms with van der Waals surface area (Å²) in [7, 11) is 1.98. The van der Waals surface area contributed by atoms with E-state index in [4.69, 9.17) is 5.73 Å². The third-order valence-corrected chi connectivity index (χ3v) is 2.94. The largest absolute Gasteiger partial charge is 0.434 e. The highest BCUT2D eigenvalue weighted by Crippen LogP contribution is 2.25. The smallest absolute Gasteiger partial charge is 0.387 e. The van der Waals surface area contributed by atoms with Crippen molar-refractivity contribution >= 4 is 0 Å². The number of nitrogens with two attached hydrogens (primary N) is 1. The lowest BCUT2D eigenvalue weighted by molar-refractivity contribution is -0.0506. The highest BCUT2D eigenvalue weighted by molar-refractivity contribution is 5.36. The average molecular weight is 272 g/mol. The molecule has 5 heteroatoms. The van der Waals surface area contributed by atoms with Gasteiger partial charge in [-0.05, 0) is 26.1 Å². The number of halogens is 2. The van der Waals surface area contributed by atoms with Gasteiger partial charge in [-0.3, -0.25) is 0 Å². The molecule has 1 rings (SSSR count). The molecule has 0 aliphatic carbocycles. The highest BCUT2D eigenvalue weighted by atomic mass is 19.3. The number of hydrogen-bond donors (Lipinski definition) is 1. The maximum Gasteiger partial charge on any atom is 0.387 e. The minimum atomic E-state index is -2.83. The van der Waals surface area contributed by atoms with Crippen LogP contribution in [0.25, 0.3) is 0 Å². The molecule has 1 atom stereocenters. The summed E-state index contributed by atoms with van der Waals surface area (Å²) >= 11 is 0. The predicted molar refractivity (Wildman–Crippen MR) is 72.4 cm³/mol. The molecule has 0 amide bonds. The fourth-order valence-corrected chi connectivity index (χ4v) is 1.94. The van der Waals surface area contributed by atoms with Gasteiger partial charge in [0.1, 0.15) is 5.75 Å². The topological polar surface area (TPSA) is 38.5 Å². The molecule has 0 radical (unpaired) electrons. The molecule has 1 aromatic carbocycles. The van der Waals surface area contributed by atoms with Crippen LogP contribution in [-0.2, 0) is 0 Å². The molecule has 0 bridgehead atoms. The van der Waals surface area contributed by atoms with Gasteiger partial charge in [0.05, 0.1) is 0 Å². The lowest BCUT2D eigenvalue weighted by Crippen LogP contribution is -2.30. The van der Waals surface area contributed by atoms with Crippen molar-refractivity contribution < 1.29 is 13.5 Å². The summed E-state index contributed by atoms with van der Waals surface area (Å²) in [6.07, 6.45) is 2.21. The van der Waals surface area contributed by atoms with E-state index >= 15 is 0 Å². The summed E-state index contributed by atoms with van der Waals surface area (Å²) in [4.78, 5) is 2.10. The summed E-state index contributed by atoms with van der Waals surface area (Å²) in [5.41, 5.74) is 6.69. The SMILES string of the molecule is CCCCN(C)CC(N)c1ccccc1OC(F)F. The van der Waals surface area contributed by atoms with E-state index in [2.05, 4.69) is 16.6 Å². The third kappa shape index (κ3) is 5.53. The minimum absolute atomic E-state index is 0.161. The monoisotopic (exact) mass is 272 g/mol. The van der Waals surface area contributed by atoms with Crippen LogP contribution in [0.2, 0.25) is 0 Å². The number of likely N-dealkylation sites (N-methyl/N-ethyl adjacent to an activating group) is 1. The van der Waals surface area contributed by atoms with Crippen molar-refractivity contribution in [3.05, 3.63) is 29.8 Å². The van der Waals surface area contributed by atoms with Crippen molar-refractivity contribution in [2.75, 3.05) is 20.1 Å². The first-order chi connectivity index (χ1) is 9.04. The predicted octanol–water partition coefficient (Wildman–Crippen LogP) is 3.02. The number of ether oxygens (including phenoxy) is 1. The Balaban J connectivity index is 2.67. The molecular formula is C14H22F2N2O. The number of nitrogens with zero attached hydrogens (tertiary/aromatic N) is 1. The molecule has 0 heterocycles. The van der Waals surface area contributed by atoms with Crippen molar-refractivity contribution in [3.63, 3.8) is 0 Å². The van der Waals surface area contributed by atoms with E-state index in [1.807, 2.05) is 7.05 Å². The van der Waals surface area contributed by atoms with Gasteiger partial charge in [0.2, 0.25) is 0 Å². The Kier molecular flexibility index (Phi) is 6.73. The van der Waals surface area contributed by atoms with Crippen molar-refractivity contribution in [2.24, 2.45) is 5.73 Å². The van der Waals surface area contributed by atoms with Crippen molar-refractivity contribution in [2.45, 2.75) is 32.4 Å². The maximum atomic E-state index is 12.3. The Morgan fingerprint density at radius 1 is 1.32 bits per heavy atom.